The van der Waals surface area contributed by atoms with Gasteiger partial charge in [-0.25, -0.2) is 4.39 Å². The zero-order valence-electron chi connectivity index (χ0n) is 9.29. The van der Waals surface area contributed by atoms with Crippen LogP contribution < -0.4 is 5.32 Å². The third-order valence-electron chi connectivity index (χ3n) is 2.71. The Balaban J connectivity index is 1.69. The van der Waals surface area contributed by atoms with Gasteiger partial charge >= 0.3 is 0 Å². The van der Waals surface area contributed by atoms with E-state index in [4.69, 9.17) is 0 Å². The molecule has 1 saturated heterocycles. The summed E-state index contributed by atoms with van der Waals surface area (Å²) < 4.78 is 12.7. The highest BCUT2D eigenvalue weighted by molar-refractivity contribution is 7.99. The Labute approximate surface area is 100 Å². The van der Waals surface area contributed by atoms with Crippen molar-refractivity contribution in [1.29, 1.82) is 0 Å². The topological polar surface area (TPSA) is 15.3 Å². The van der Waals surface area contributed by atoms with Crippen LogP contribution in [-0.4, -0.2) is 42.6 Å². The Bertz CT molecular complexity index is 309. The molecule has 0 bridgehead atoms. The number of thioether (sulfide) groups is 1. The number of nitrogens with zero attached hydrogens (tertiary/aromatic N) is 1. The molecule has 88 valence electrons. The predicted octanol–water partition coefficient (Wildman–Crippen LogP) is 2.29. The molecular weight excluding hydrogens is 223 g/mol. The highest BCUT2D eigenvalue weighted by atomic mass is 32.2. The van der Waals surface area contributed by atoms with E-state index in [1.165, 1.54) is 36.7 Å². The van der Waals surface area contributed by atoms with Gasteiger partial charge in [0.05, 0.1) is 0 Å². The first-order chi connectivity index (χ1) is 7.84. The number of nitrogens with one attached hydrogen (secondary N) is 1. The van der Waals surface area contributed by atoms with Crippen molar-refractivity contribution >= 4 is 17.4 Å². The van der Waals surface area contributed by atoms with Crippen molar-refractivity contribution in [2.24, 2.45) is 0 Å². The van der Waals surface area contributed by atoms with E-state index in [0.717, 1.165) is 18.8 Å². The van der Waals surface area contributed by atoms with Gasteiger partial charge < -0.3 is 5.32 Å². The van der Waals surface area contributed by atoms with E-state index in [0.29, 0.717) is 0 Å². The van der Waals surface area contributed by atoms with Crippen molar-refractivity contribution in [2.75, 3.05) is 43.0 Å². The molecule has 2 nitrogen and oxygen atoms in total. The fourth-order valence-corrected chi connectivity index (χ4v) is 2.73. The average Bonchev–Trinajstić information content (AvgIpc) is 2.33. The molecule has 2 rings (SSSR count). The maximum Gasteiger partial charge on any atom is 0.123 e. The summed E-state index contributed by atoms with van der Waals surface area (Å²) in [5.41, 5.74) is 0.993. The fraction of sp³-hybridized carbons (Fsp3) is 0.500. The van der Waals surface area contributed by atoms with Gasteiger partial charge in [-0.3, -0.25) is 4.90 Å². The van der Waals surface area contributed by atoms with Crippen molar-refractivity contribution in [3.05, 3.63) is 30.1 Å². The van der Waals surface area contributed by atoms with Crippen LogP contribution in [0.2, 0.25) is 0 Å². The lowest BCUT2D eigenvalue weighted by atomic mass is 10.3. The first-order valence-electron chi connectivity index (χ1n) is 5.64. The average molecular weight is 240 g/mol. The van der Waals surface area contributed by atoms with Gasteiger partial charge in [-0.15, -0.1) is 0 Å². The number of halogens is 1. The second-order valence-corrected chi connectivity index (χ2v) is 5.11. The zero-order chi connectivity index (χ0) is 11.2. The third kappa shape index (κ3) is 3.68. The quantitative estimate of drug-likeness (QED) is 0.869. The van der Waals surface area contributed by atoms with E-state index < -0.39 is 0 Å². The minimum atomic E-state index is -0.182. The number of hydrogen-bond acceptors (Lipinski definition) is 3. The molecule has 0 atom stereocenters. The number of anilines is 1. The van der Waals surface area contributed by atoms with Crippen molar-refractivity contribution in [3.8, 4) is 0 Å². The summed E-state index contributed by atoms with van der Waals surface area (Å²) in [4.78, 5) is 2.47. The van der Waals surface area contributed by atoms with E-state index in [9.17, 15) is 4.39 Å². The Morgan fingerprint density at radius 3 is 2.56 bits per heavy atom. The van der Waals surface area contributed by atoms with Gasteiger partial charge in [0.1, 0.15) is 5.82 Å². The van der Waals surface area contributed by atoms with E-state index in [1.807, 2.05) is 11.8 Å². The molecule has 4 heteroatoms. The highest BCUT2D eigenvalue weighted by Gasteiger charge is 2.08. The van der Waals surface area contributed by atoms with Crippen LogP contribution in [0.5, 0.6) is 0 Å². The van der Waals surface area contributed by atoms with E-state index >= 15 is 0 Å². The maximum absolute atomic E-state index is 12.7. The summed E-state index contributed by atoms with van der Waals surface area (Å²) in [6.45, 7) is 4.37. The standard InChI is InChI=1S/C12H17FN2S/c13-11-1-3-12(4-2-11)14-5-6-15-7-9-16-10-8-15/h1-4,14H,5-10H2. The summed E-state index contributed by atoms with van der Waals surface area (Å²) in [6.07, 6.45) is 0. The molecule has 1 aromatic rings. The SMILES string of the molecule is Fc1ccc(NCCN2CCSCC2)cc1. The molecule has 1 aliphatic heterocycles. The molecule has 1 heterocycles. The summed E-state index contributed by atoms with van der Waals surface area (Å²) >= 11 is 2.03. The molecule has 16 heavy (non-hydrogen) atoms. The van der Waals surface area contributed by atoms with Crippen LogP contribution >= 0.6 is 11.8 Å². The minimum absolute atomic E-state index is 0.182. The molecule has 1 aliphatic rings. The largest absolute Gasteiger partial charge is 0.384 e. The van der Waals surface area contributed by atoms with Crippen LogP contribution in [0.25, 0.3) is 0 Å². The molecule has 1 N–H and O–H groups in total. The zero-order valence-corrected chi connectivity index (χ0v) is 10.1. The number of hydrogen-bond donors (Lipinski definition) is 1. The van der Waals surface area contributed by atoms with Gasteiger partial charge in [0, 0.05) is 43.4 Å². The van der Waals surface area contributed by atoms with E-state index in [2.05, 4.69) is 10.2 Å². The molecule has 0 unspecified atom stereocenters. The third-order valence-corrected chi connectivity index (χ3v) is 3.65. The van der Waals surface area contributed by atoms with Crippen LogP contribution in [0, 0.1) is 5.82 Å². The summed E-state index contributed by atoms with van der Waals surface area (Å²) in [6, 6.07) is 6.53. The highest BCUT2D eigenvalue weighted by Crippen LogP contribution is 2.10. The smallest absolute Gasteiger partial charge is 0.123 e. The van der Waals surface area contributed by atoms with Crippen LogP contribution in [0.15, 0.2) is 24.3 Å². The monoisotopic (exact) mass is 240 g/mol. The van der Waals surface area contributed by atoms with Crippen LogP contribution in [-0.2, 0) is 0 Å². The van der Waals surface area contributed by atoms with Crippen molar-refractivity contribution in [1.82, 2.24) is 4.90 Å². The lowest BCUT2D eigenvalue weighted by Gasteiger charge is -2.26. The lowest BCUT2D eigenvalue weighted by Crippen LogP contribution is -2.36. The first-order valence-corrected chi connectivity index (χ1v) is 6.79. The van der Waals surface area contributed by atoms with Crippen LogP contribution in [0.1, 0.15) is 0 Å². The van der Waals surface area contributed by atoms with Crippen molar-refractivity contribution in [3.63, 3.8) is 0 Å². The maximum atomic E-state index is 12.7. The van der Waals surface area contributed by atoms with Crippen LogP contribution in [0.3, 0.4) is 0 Å². The molecule has 0 spiro atoms. The molecule has 1 fully saturated rings. The lowest BCUT2D eigenvalue weighted by molar-refractivity contribution is 0.314. The second kappa shape index (κ2) is 6.11. The number of rotatable bonds is 4. The minimum Gasteiger partial charge on any atom is -0.384 e. The summed E-state index contributed by atoms with van der Waals surface area (Å²) in [5, 5.41) is 3.30. The van der Waals surface area contributed by atoms with Crippen molar-refractivity contribution < 1.29 is 4.39 Å². The van der Waals surface area contributed by atoms with Crippen molar-refractivity contribution in [2.45, 2.75) is 0 Å². The molecular formula is C12H17FN2S. The van der Waals surface area contributed by atoms with Gasteiger partial charge in [-0.1, -0.05) is 0 Å². The van der Waals surface area contributed by atoms with E-state index in [-0.39, 0.29) is 5.82 Å². The fourth-order valence-electron chi connectivity index (χ4n) is 1.75. The van der Waals surface area contributed by atoms with Gasteiger partial charge in [0.2, 0.25) is 0 Å². The van der Waals surface area contributed by atoms with Gasteiger partial charge in [0.15, 0.2) is 0 Å². The molecule has 0 saturated carbocycles. The second-order valence-electron chi connectivity index (χ2n) is 3.89. The Kier molecular flexibility index (Phi) is 4.48. The number of benzene rings is 1. The molecule has 0 radical (unpaired) electrons. The van der Waals surface area contributed by atoms with E-state index in [1.54, 1.807) is 12.1 Å². The van der Waals surface area contributed by atoms with Gasteiger partial charge in [-0.05, 0) is 24.3 Å². The Morgan fingerprint density at radius 1 is 1.19 bits per heavy atom. The summed E-state index contributed by atoms with van der Waals surface area (Å²) in [5.74, 6) is 2.31. The molecule has 1 aromatic carbocycles. The van der Waals surface area contributed by atoms with Gasteiger partial charge in [-0.2, -0.15) is 11.8 Å². The Morgan fingerprint density at radius 2 is 1.88 bits per heavy atom. The van der Waals surface area contributed by atoms with Crippen LogP contribution in [0.4, 0.5) is 10.1 Å². The van der Waals surface area contributed by atoms with Gasteiger partial charge in [0.25, 0.3) is 0 Å². The molecule has 0 aromatic heterocycles. The first kappa shape index (κ1) is 11.7. The molecule has 0 aliphatic carbocycles. The summed E-state index contributed by atoms with van der Waals surface area (Å²) in [7, 11) is 0. The Hall–Kier alpha value is -0.740. The predicted molar refractivity (Wildman–Crippen MR) is 68.7 cm³/mol. The molecule has 0 amide bonds. The normalized spacial score (nSPS) is 17.3.